The van der Waals surface area contributed by atoms with E-state index in [9.17, 15) is 13.6 Å². The van der Waals surface area contributed by atoms with Crippen molar-refractivity contribution in [1.82, 2.24) is 0 Å². The molecule has 0 aliphatic carbocycles. The smallest absolute Gasteiger partial charge is 0.768 e. The van der Waals surface area contributed by atoms with E-state index in [-0.39, 0.29) is 47.0 Å². The zero-order valence-electron chi connectivity index (χ0n) is 8.28. The van der Waals surface area contributed by atoms with Crippen LogP contribution in [-0.4, -0.2) is 21.3 Å². The number of rotatable bonds is 1. The third-order valence-corrected chi connectivity index (χ3v) is 3.46. The van der Waals surface area contributed by atoms with Gasteiger partial charge >= 0.3 is 29.6 Å². The fourth-order valence-corrected chi connectivity index (χ4v) is 2.37. The number of hydrogen-bond donors (Lipinski definition) is 1. The van der Waals surface area contributed by atoms with Crippen molar-refractivity contribution in [3.63, 3.8) is 0 Å². The molecule has 5 nitrogen and oxygen atoms in total. The molecule has 1 aliphatic rings. The van der Waals surface area contributed by atoms with Crippen molar-refractivity contribution in [2.24, 2.45) is 0 Å². The van der Waals surface area contributed by atoms with Crippen LogP contribution in [0.25, 0.3) is 0 Å². The zero-order chi connectivity index (χ0) is 11.0. The van der Waals surface area contributed by atoms with Gasteiger partial charge < -0.3 is 14.6 Å². The number of carbonyl (C=O) groups is 1. The van der Waals surface area contributed by atoms with Crippen LogP contribution in [0.15, 0.2) is 21.5 Å². The Hall–Kier alpha value is 0.0800. The van der Waals surface area contributed by atoms with Gasteiger partial charge in [-0.15, -0.1) is 0 Å². The van der Waals surface area contributed by atoms with Crippen LogP contribution >= 0.6 is 15.9 Å². The molecule has 1 aromatic rings. The summed E-state index contributed by atoms with van der Waals surface area (Å²) >= 11 is 0.759. The van der Waals surface area contributed by atoms with Crippen molar-refractivity contribution in [3.8, 4) is 5.75 Å². The van der Waals surface area contributed by atoms with Crippen molar-refractivity contribution < 1.29 is 47.9 Å². The van der Waals surface area contributed by atoms with Gasteiger partial charge in [-0.3, -0.25) is 9.00 Å². The standard InChI is InChI=1S/C8H6BrNO4S.Na/c9-4-1-5-6(2-7(4)15(12)13)14-3-8(11)10-5;/h1-2H,3H2,(H,10,11)(H,12,13);/q;+1/p-1. The van der Waals surface area contributed by atoms with Crippen LogP contribution in [0, 0.1) is 0 Å². The molecule has 1 heterocycles. The van der Waals surface area contributed by atoms with Crippen molar-refractivity contribution in [1.29, 1.82) is 0 Å². The largest absolute Gasteiger partial charge is 1.00 e. The van der Waals surface area contributed by atoms with Gasteiger partial charge in [0.1, 0.15) is 5.75 Å². The maximum absolute atomic E-state index is 11.0. The van der Waals surface area contributed by atoms with E-state index in [1.165, 1.54) is 12.1 Å². The van der Waals surface area contributed by atoms with Crippen LogP contribution in [0.4, 0.5) is 5.69 Å². The Balaban J connectivity index is 0.00000128. The van der Waals surface area contributed by atoms with Crippen molar-refractivity contribution >= 4 is 38.6 Å². The average molecular weight is 314 g/mol. The van der Waals surface area contributed by atoms with Crippen LogP contribution < -0.4 is 39.6 Å². The number of hydrogen-bond acceptors (Lipinski definition) is 4. The van der Waals surface area contributed by atoms with Crippen LogP contribution in [-0.2, 0) is 15.9 Å². The van der Waals surface area contributed by atoms with E-state index >= 15 is 0 Å². The Morgan fingerprint density at radius 3 is 2.81 bits per heavy atom. The molecule has 1 aliphatic heterocycles. The first kappa shape index (κ1) is 14.1. The monoisotopic (exact) mass is 313 g/mol. The molecule has 16 heavy (non-hydrogen) atoms. The number of benzene rings is 1. The van der Waals surface area contributed by atoms with Crippen LogP contribution in [0.5, 0.6) is 5.75 Å². The average Bonchev–Trinajstić information content (AvgIpc) is 2.15. The Morgan fingerprint density at radius 2 is 2.19 bits per heavy atom. The number of anilines is 1. The molecule has 1 aromatic carbocycles. The van der Waals surface area contributed by atoms with E-state index in [1.54, 1.807) is 0 Å². The molecule has 0 saturated heterocycles. The van der Waals surface area contributed by atoms with Gasteiger partial charge in [-0.1, -0.05) is 0 Å². The van der Waals surface area contributed by atoms with Gasteiger partial charge in [0.05, 0.1) is 5.69 Å². The van der Waals surface area contributed by atoms with E-state index < -0.39 is 11.1 Å². The van der Waals surface area contributed by atoms with Crippen molar-refractivity contribution in [2.45, 2.75) is 4.90 Å². The van der Waals surface area contributed by atoms with Gasteiger partial charge in [0.2, 0.25) is 0 Å². The summed E-state index contributed by atoms with van der Waals surface area (Å²) in [6.45, 7) is -0.0977. The van der Waals surface area contributed by atoms with E-state index in [0.29, 0.717) is 15.9 Å². The summed E-state index contributed by atoms with van der Waals surface area (Å²) < 4.78 is 27.1. The van der Waals surface area contributed by atoms with E-state index in [2.05, 4.69) is 21.2 Å². The molecule has 0 saturated carbocycles. The minimum Gasteiger partial charge on any atom is -0.768 e. The second-order valence-electron chi connectivity index (χ2n) is 2.85. The van der Waals surface area contributed by atoms with Gasteiger partial charge in [0.15, 0.2) is 6.61 Å². The minimum absolute atomic E-state index is 0. The van der Waals surface area contributed by atoms with E-state index in [4.69, 9.17) is 4.74 Å². The summed E-state index contributed by atoms with van der Waals surface area (Å²) in [5, 5.41) is 2.57. The SMILES string of the molecule is O=C1COc2cc(S(=O)[O-])c(Br)cc2N1.[Na+]. The third-order valence-electron chi connectivity index (χ3n) is 1.85. The molecular formula is C8H5BrNNaO4S. The first-order valence-corrected chi connectivity index (χ1v) is 5.80. The molecule has 0 spiro atoms. The summed E-state index contributed by atoms with van der Waals surface area (Å²) in [5.74, 6) is 0.0994. The van der Waals surface area contributed by atoms with Crippen molar-refractivity contribution in [3.05, 3.63) is 16.6 Å². The number of nitrogens with one attached hydrogen (secondary N) is 1. The first-order valence-electron chi connectivity index (χ1n) is 3.93. The van der Waals surface area contributed by atoms with Gasteiger partial charge in [0, 0.05) is 9.37 Å². The minimum atomic E-state index is -2.34. The van der Waals surface area contributed by atoms with Gasteiger partial charge in [-0.25, -0.2) is 0 Å². The van der Waals surface area contributed by atoms with Gasteiger partial charge in [0.25, 0.3) is 5.91 Å². The fraction of sp³-hybridized carbons (Fsp3) is 0.125. The molecule has 1 amide bonds. The summed E-state index contributed by atoms with van der Waals surface area (Å²) in [6, 6.07) is 2.86. The molecule has 0 bridgehead atoms. The fourth-order valence-electron chi connectivity index (χ4n) is 1.21. The Morgan fingerprint density at radius 1 is 1.50 bits per heavy atom. The zero-order valence-corrected chi connectivity index (χ0v) is 12.7. The molecule has 80 valence electrons. The summed E-state index contributed by atoms with van der Waals surface area (Å²) in [4.78, 5) is 11.1. The van der Waals surface area contributed by atoms with Gasteiger partial charge in [-0.05, 0) is 39.1 Å². The molecule has 0 fully saturated rings. The Labute approximate surface area is 125 Å². The third kappa shape index (κ3) is 2.85. The molecule has 0 aromatic heterocycles. The van der Waals surface area contributed by atoms with Crippen molar-refractivity contribution in [2.75, 3.05) is 11.9 Å². The topological polar surface area (TPSA) is 78.5 Å². The number of carbonyl (C=O) groups excluding carboxylic acids is 1. The Kier molecular flexibility index (Phi) is 4.96. The molecular weight excluding hydrogens is 309 g/mol. The van der Waals surface area contributed by atoms with Crippen LogP contribution in [0.3, 0.4) is 0 Å². The molecule has 0 radical (unpaired) electrons. The first-order chi connectivity index (χ1) is 7.08. The summed E-state index contributed by atoms with van der Waals surface area (Å²) in [7, 11) is 0. The van der Waals surface area contributed by atoms with Crippen LogP contribution in [0.1, 0.15) is 0 Å². The second-order valence-corrected chi connectivity index (χ2v) is 4.61. The predicted molar refractivity (Wildman–Crippen MR) is 55.5 cm³/mol. The number of amides is 1. The van der Waals surface area contributed by atoms with E-state index in [0.717, 1.165) is 0 Å². The second kappa shape index (κ2) is 5.61. The predicted octanol–water partition coefficient (Wildman–Crippen LogP) is -1.98. The Bertz CT molecular complexity index is 468. The number of halogens is 1. The summed E-state index contributed by atoms with van der Waals surface area (Å²) in [6.07, 6.45) is 0. The van der Waals surface area contributed by atoms with E-state index in [1.807, 2.05) is 0 Å². The normalized spacial score (nSPS) is 15.2. The number of ether oxygens (including phenoxy) is 1. The molecule has 1 atom stereocenters. The molecule has 2 rings (SSSR count). The van der Waals surface area contributed by atoms with Crippen LogP contribution in [0.2, 0.25) is 0 Å². The van der Waals surface area contributed by atoms with Gasteiger partial charge in [-0.2, -0.15) is 0 Å². The quantitative estimate of drug-likeness (QED) is 0.481. The molecule has 1 N–H and O–H groups in total. The number of fused-ring (bicyclic) bond motifs is 1. The summed E-state index contributed by atoms with van der Waals surface area (Å²) in [5.41, 5.74) is 0.465. The maximum Gasteiger partial charge on any atom is 1.00 e. The maximum atomic E-state index is 11.0. The molecule has 1 unspecified atom stereocenters. The molecule has 8 heteroatoms.